The molecule has 9 nitrogen and oxygen atoms in total. The lowest BCUT2D eigenvalue weighted by Crippen LogP contribution is -2.59. The summed E-state index contributed by atoms with van der Waals surface area (Å²) < 4.78 is 75.5. The number of alkyl halides is 3. The van der Waals surface area contributed by atoms with E-state index in [-0.39, 0.29) is 55.4 Å². The van der Waals surface area contributed by atoms with Crippen LogP contribution in [0.15, 0.2) is 29.3 Å². The lowest BCUT2D eigenvalue weighted by atomic mass is 9.90. The van der Waals surface area contributed by atoms with Crippen LogP contribution < -0.4 is 9.62 Å². The molecule has 0 aromatic heterocycles. The van der Waals surface area contributed by atoms with Crippen LogP contribution in [0.2, 0.25) is 0 Å². The Bertz CT molecular complexity index is 1080. The zero-order valence-electron chi connectivity index (χ0n) is 19.7. The number of hydrogen-bond acceptors (Lipinski definition) is 6. The van der Waals surface area contributed by atoms with E-state index in [0.29, 0.717) is 0 Å². The lowest BCUT2D eigenvalue weighted by molar-refractivity contribution is -0.218. The van der Waals surface area contributed by atoms with Crippen LogP contribution in [0.5, 0.6) is 0 Å². The number of likely N-dealkylation sites (tertiary alicyclic amines) is 1. The monoisotopic (exact) mass is 518 g/mol. The summed E-state index contributed by atoms with van der Waals surface area (Å²) in [7, 11) is -3.98. The van der Waals surface area contributed by atoms with Crippen molar-refractivity contribution in [2.45, 2.75) is 58.5 Å². The van der Waals surface area contributed by atoms with Crippen molar-refractivity contribution in [1.82, 2.24) is 9.62 Å². The lowest BCUT2D eigenvalue weighted by Gasteiger charge is -2.40. The van der Waals surface area contributed by atoms with Crippen LogP contribution in [0.3, 0.4) is 0 Å². The summed E-state index contributed by atoms with van der Waals surface area (Å²) in [5.74, 6) is -2.66. The molecule has 1 fully saturated rings. The number of halogens is 3. The highest BCUT2D eigenvalue weighted by molar-refractivity contribution is 7.89. The number of sulfonamides is 1. The van der Waals surface area contributed by atoms with Gasteiger partial charge in [0.25, 0.3) is 0 Å². The van der Waals surface area contributed by atoms with Crippen LogP contribution in [-0.4, -0.2) is 68.3 Å². The van der Waals surface area contributed by atoms with Crippen LogP contribution in [0.25, 0.3) is 0 Å². The topological polar surface area (TPSA) is 108 Å². The molecular formula is C22H29F3N4O5S. The number of carbonyl (C=O) groups excluding carboxylic acids is 2. The Morgan fingerprint density at radius 3 is 2.34 bits per heavy atom. The number of amides is 2. The van der Waals surface area contributed by atoms with Gasteiger partial charge >= 0.3 is 6.18 Å². The SMILES string of the molecule is CCCS(=O)(=O)NC1C(OC(C2CCN(C(C)=O)CC2)C(F)(F)F)=Nc2ccccc2N1C(C)=O. The molecule has 0 spiro atoms. The highest BCUT2D eigenvalue weighted by Gasteiger charge is 2.50. The Labute approximate surface area is 202 Å². The minimum Gasteiger partial charge on any atom is -0.465 e. The van der Waals surface area contributed by atoms with Gasteiger partial charge in [-0.15, -0.1) is 0 Å². The van der Waals surface area contributed by atoms with Crippen molar-refractivity contribution in [3.05, 3.63) is 24.3 Å². The normalized spacial score (nSPS) is 20.2. The molecule has 194 valence electrons. The average Bonchev–Trinajstić information content (AvgIpc) is 2.76. The number of fused-ring (bicyclic) bond motifs is 1. The maximum absolute atomic E-state index is 14.2. The number of rotatable bonds is 6. The van der Waals surface area contributed by atoms with E-state index < -0.39 is 46.2 Å². The fraction of sp³-hybridized carbons (Fsp3) is 0.591. The molecule has 0 aliphatic carbocycles. The molecule has 1 N–H and O–H groups in total. The molecule has 1 aromatic rings. The number of para-hydroxylation sites is 2. The van der Waals surface area contributed by atoms with Crippen LogP contribution in [0.4, 0.5) is 24.5 Å². The predicted octanol–water partition coefficient (Wildman–Crippen LogP) is 2.94. The van der Waals surface area contributed by atoms with E-state index in [9.17, 15) is 31.2 Å². The molecule has 2 aliphatic heterocycles. The van der Waals surface area contributed by atoms with Gasteiger partial charge in [-0.3, -0.25) is 14.5 Å². The number of hydrogen-bond donors (Lipinski definition) is 1. The van der Waals surface area contributed by atoms with Gasteiger partial charge < -0.3 is 9.64 Å². The summed E-state index contributed by atoms with van der Waals surface area (Å²) in [6.45, 7) is 4.47. The molecule has 0 radical (unpaired) electrons. The van der Waals surface area contributed by atoms with Crippen LogP contribution in [0, 0.1) is 5.92 Å². The third kappa shape index (κ3) is 6.31. The molecule has 2 heterocycles. The number of nitrogens with one attached hydrogen (secondary N) is 1. The van der Waals surface area contributed by atoms with Crippen molar-refractivity contribution < 1.29 is 35.9 Å². The van der Waals surface area contributed by atoms with E-state index in [2.05, 4.69) is 9.71 Å². The van der Waals surface area contributed by atoms with Crippen molar-refractivity contribution in [2.24, 2.45) is 10.9 Å². The molecular weight excluding hydrogens is 489 g/mol. The maximum atomic E-state index is 14.2. The Kier molecular flexibility index (Phi) is 8.10. The zero-order chi connectivity index (χ0) is 26.0. The van der Waals surface area contributed by atoms with E-state index in [1.54, 1.807) is 19.1 Å². The van der Waals surface area contributed by atoms with E-state index in [1.165, 1.54) is 30.9 Å². The number of aliphatic imine (C=N–C) groups is 1. The maximum Gasteiger partial charge on any atom is 0.425 e. The molecule has 2 aliphatic rings. The fourth-order valence-corrected chi connectivity index (χ4v) is 5.51. The van der Waals surface area contributed by atoms with Gasteiger partial charge in [-0.05, 0) is 31.4 Å². The first-order valence-electron chi connectivity index (χ1n) is 11.3. The second kappa shape index (κ2) is 10.5. The van der Waals surface area contributed by atoms with E-state index >= 15 is 0 Å². The largest absolute Gasteiger partial charge is 0.465 e. The summed E-state index contributed by atoms with van der Waals surface area (Å²) in [5.41, 5.74) is 0.422. The molecule has 13 heteroatoms. The Balaban J connectivity index is 2.01. The number of ether oxygens (including phenoxy) is 1. The summed E-state index contributed by atoms with van der Waals surface area (Å²) >= 11 is 0. The number of benzene rings is 1. The molecule has 1 aromatic carbocycles. The number of anilines is 1. The third-order valence-electron chi connectivity index (χ3n) is 5.95. The summed E-state index contributed by atoms with van der Waals surface area (Å²) in [6.07, 6.45) is -8.32. The van der Waals surface area contributed by atoms with Gasteiger partial charge in [-0.25, -0.2) is 13.4 Å². The first kappa shape index (κ1) is 26.9. The molecule has 0 bridgehead atoms. The van der Waals surface area contributed by atoms with Gasteiger partial charge in [0.1, 0.15) is 0 Å². The van der Waals surface area contributed by atoms with Crippen molar-refractivity contribution in [3.8, 4) is 0 Å². The molecule has 2 unspecified atom stereocenters. The van der Waals surface area contributed by atoms with Gasteiger partial charge in [0.2, 0.25) is 27.7 Å². The third-order valence-corrected chi connectivity index (χ3v) is 7.48. The van der Waals surface area contributed by atoms with E-state index in [1.807, 2.05) is 0 Å². The van der Waals surface area contributed by atoms with Crippen molar-refractivity contribution in [3.63, 3.8) is 0 Å². The Morgan fingerprint density at radius 1 is 1.17 bits per heavy atom. The summed E-state index contributed by atoms with van der Waals surface area (Å²) in [6, 6.07) is 6.23. The standard InChI is InChI=1S/C22H29F3N4O5S/c1-4-13-35(32,33)27-20-21(26-17-7-5-6-8-18(17)29(20)15(3)31)34-19(22(23,24)25)16-9-11-28(12-10-16)14(2)30/h5-8,16,19-20,27H,4,9-13H2,1-3H3. The highest BCUT2D eigenvalue weighted by Crippen LogP contribution is 2.38. The predicted molar refractivity (Wildman–Crippen MR) is 124 cm³/mol. The van der Waals surface area contributed by atoms with Crippen LogP contribution in [-0.2, 0) is 24.3 Å². The number of nitrogens with zero attached hydrogens (tertiary/aromatic N) is 3. The fourth-order valence-electron chi connectivity index (χ4n) is 4.31. The Hall–Kier alpha value is -2.67. The minimum absolute atomic E-state index is 0.0519. The van der Waals surface area contributed by atoms with Crippen molar-refractivity contribution in [2.75, 3.05) is 23.7 Å². The number of carbonyl (C=O) groups is 2. The minimum atomic E-state index is -4.80. The van der Waals surface area contributed by atoms with E-state index in [4.69, 9.17) is 4.74 Å². The smallest absolute Gasteiger partial charge is 0.425 e. The first-order valence-corrected chi connectivity index (χ1v) is 13.0. The van der Waals surface area contributed by atoms with Crippen molar-refractivity contribution in [1.29, 1.82) is 0 Å². The zero-order valence-corrected chi connectivity index (χ0v) is 20.5. The second-order valence-electron chi connectivity index (χ2n) is 8.59. The second-order valence-corrected chi connectivity index (χ2v) is 10.5. The molecule has 0 saturated carbocycles. The van der Waals surface area contributed by atoms with Gasteiger partial charge in [0.05, 0.1) is 17.1 Å². The van der Waals surface area contributed by atoms with Gasteiger partial charge in [0.15, 0.2) is 12.3 Å². The summed E-state index contributed by atoms with van der Waals surface area (Å²) in [4.78, 5) is 30.9. The van der Waals surface area contributed by atoms with Crippen molar-refractivity contribution >= 4 is 39.1 Å². The van der Waals surface area contributed by atoms with Gasteiger partial charge in [-0.1, -0.05) is 19.1 Å². The first-order chi connectivity index (χ1) is 16.3. The Morgan fingerprint density at radius 2 is 1.80 bits per heavy atom. The number of piperidine rings is 1. The molecule has 2 atom stereocenters. The molecule has 35 heavy (non-hydrogen) atoms. The van der Waals surface area contributed by atoms with Gasteiger partial charge in [0, 0.05) is 32.9 Å². The van der Waals surface area contributed by atoms with E-state index in [0.717, 1.165) is 4.90 Å². The molecule has 3 rings (SSSR count). The molecule has 1 saturated heterocycles. The quantitative estimate of drug-likeness (QED) is 0.623. The van der Waals surface area contributed by atoms with Crippen LogP contribution in [0.1, 0.15) is 40.0 Å². The molecule has 2 amide bonds. The average molecular weight is 519 g/mol. The highest BCUT2D eigenvalue weighted by atomic mass is 32.2. The van der Waals surface area contributed by atoms with Crippen LogP contribution >= 0.6 is 0 Å². The van der Waals surface area contributed by atoms with Gasteiger partial charge in [-0.2, -0.15) is 17.9 Å². The summed E-state index contributed by atoms with van der Waals surface area (Å²) in [5, 5.41) is 0.